The normalized spacial score (nSPS) is 13.7. The maximum atomic E-state index is 14.4. The van der Waals surface area contributed by atoms with E-state index in [9.17, 15) is 26.0 Å². The number of carboxylic acids is 1. The largest absolute Gasteiger partial charge is 0.490 e. The number of hydrogen-bond donors (Lipinski definition) is 3. The number of methoxy groups -OCH3 is 1. The highest BCUT2D eigenvalue weighted by molar-refractivity contribution is 7.92. The summed E-state index contributed by atoms with van der Waals surface area (Å²) in [5.74, 6) is -2.67. The molecule has 228 valence electrons. The Hall–Kier alpha value is -4.57. The van der Waals surface area contributed by atoms with Crippen LogP contribution < -0.4 is 19.7 Å². The average molecular weight is 623 g/mol. The number of aliphatic carboxylic acids is 1. The zero-order valence-corrected chi connectivity index (χ0v) is 23.6. The molecular weight excluding hydrogens is 596 g/mol. The maximum Gasteiger partial charge on any atom is 0.490 e. The monoisotopic (exact) mass is 622 g/mol. The SMILES string of the molecule is COc1ncc(-c2ccc3ncnc(N4CCNCC4)c3c2)cc1NS(=O)(=O)c1ccc(C)cc1F.O=C(O)C(F)(F)F. The van der Waals surface area contributed by atoms with Gasteiger partial charge in [0.1, 0.15) is 28.5 Å². The lowest BCUT2D eigenvalue weighted by Crippen LogP contribution is -2.44. The third-order valence-corrected chi connectivity index (χ3v) is 7.67. The molecule has 0 bridgehead atoms. The van der Waals surface area contributed by atoms with E-state index in [0.29, 0.717) is 11.1 Å². The molecule has 0 radical (unpaired) electrons. The van der Waals surface area contributed by atoms with E-state index in [4.69, 9.17) is 14.6 Å². The van der Waals surface area contributed by atoms with Crippen LogP contribution in [0.25, 0.3) is 22.0 Å². The summed E-state index contributed by atoms with van der Waals surface area (Å²) in [6.07, 6.45) is -1.93. The van der Waals surface area contributed by atoms with Gasteiger partial charge in [0, 0.05) is 43.3 Å². The average Bonchev–Trinajstić information content (AvgIpc) is 2.96. The van der Waals surface area contributed by atoms with Gasteiger partial charge >= 0.3 is 12.1 Å². The lowest BCUT2D eigenvalue weighted by molar-refractivity contribution is -0.192. The Morgan fingerprint density at radius 1 is 1.05 bits per heavy atom. The molecule has 1 saturated heterocycles. The molecule has 0 atom stereocenters. The van der Waals surface area contributed by atoms with Crippen LogP contribution in [0.4, 0.5) is 29.1 Å². The van der Waals surface area contributed by atoms with Gasteiger partial charge in [0.25, 0.3) is 10.0 Å². The van der Waals surface area contributed by atoms with Gasteiger partial charge in [-0.25, -0.2) is 32.6 Å². The molecule has 3 heterocycles. The number of fused-ring (bicyclic) bond motifs is 1. The van der Waals surface area contributed by atoms with E-state index in [2.05, 4.69) is 29.9 Å². The molecule has 0 amide bonds. The fraction of sp³-hybridized carbons (Fsp3) is 0.259. The second-order valence-electron chi connectivity index (χ2n) is 9.29. The first kappa shape index (κ1) is 31.4. The number of nitrogens with zero attached hydrogens (tertiary/aromatic N) is 4. The summed E-state index contributed by atoms with van der Waals surface area (Å²) in [6, 6.07) is 11.3. The van der Waals surface area contributed by atoms with Crippen LogP contribution in [0.1, 0.15) is 5.56 Å². The second kappa shape index (κ2) is 12.7. The molecular formula is C27H26F4N6O5S. The zero-order valence-electron chi connectivity index (χ0n) is 22.8. The fourth-order valence-corrected chi connectivity index (χ4v) is 5.33. The predicted molar refractivity (Wildman–Crippen MR) is 150 cm³/mol. The molecule has 16 heteroatoms. The number of carboxylic acid groups (broad SMARTS) is 1. The van der Waals surface area contributed by atoms with Gasteiger partial charge < -0.3 is 20.1 Å². The van der Waals surface area contributed by atoms with Crippen LogP contribution in [-0.4, -0.2) is 73.9 Å². The van der Waals surface area contributed by atoms with Crippen LogP contribution in [0.15, 0.2) is 59.9 Å². The van der Waals surface area contributed by atoms with Crippen molar-refractivity contribution in [1.29, 1.82) is 0 Å². The van der Waals surface area contributed by atoms with Gasteiger partial charge in [-0.3, -0.25) is 4.72 Å². The molecule has 2 aromatic carbocycles. The van der Waals surface area contributed by atoms with Crippen molar-refractivity contribution >= 4 is 38.4 Å². The number of anilines is 2. The minimum atomic E-state index is -5.08. The summed E-state index contributed by atoms with van der Waals surface area (Å²) in [6.45, 7) is 5.10. The van der Waals surface area contributed by atoms with Crippen molar-refractivity contribution < 1.29 is 40.6 Å². The highest BCUT2D eigenvalue weighted by atomic mass is 32.2. The summed E-state index contributed by atoms with van der Waals surface area (Å²) in [5.41, 5.74) is 2.97. The third-order valence-electron chi connectivity index (χ3n) is 6.27. The Morgan fingerprint density at radius 2 is 1.74 bits per heavy atom. The summed E-state index contributed by atoms with van der Waals surface area (Å²) in [5, 5.41) is 11.3. The number of carbonyl (C=O) groups is 1. The number of pyridine rings is 1. The molecule has 2 aromatic heterocycles. The summed E-state index contributed by atoms with van der Waals surface area (Å²) in [7, 11) is -2.84. The smallest absolute Gasteiger partial charge is 0.480 e. The van der Waals surface area contributed by atoms with E-state index < -0.39 is 32.9 Å². The first-order chi connectivity index (χ1) is 20.3. The highest BCUT2D eigenvalue weighted by Crippen LogP contribution is 2.33. The second-order valence-corrected chi connectivity index (χ2v) is 10.9. The molecule has 3 N–H and O–H groups in total. The molecule has 11 nitrogen and oxygen atoms in total. The number of piperazine rings is 1. The van der Waals surface area contributed by atoms with Crippen LogP contribution in [0, 0.1) is 12.7 Å². The Bertz CT molecular complexity index is 1750. The number of benzene rings is 2. The molecule has 0 aliphatic carbocycles. The quantitative estimate of drug-likeness (QED) is 0.270. The van der Waals surface area contributed by atoms with Crippen molar-refractivity contribution in [3.05, 3.63) is 66.4 Å². The highest BCUT2D eigenvalue weighted by Gasteiger charge is 2.38. The van der Waals surface area contributed by atoms with E-state index in [1.165, 1.54) is 25.3 Å². The van der Waals surface area contributed by atoms with E-state index in [-0.39, 0.29) is 11.6 Å². The minimum Gasteiger partial charge on any atom is -0.480 e. The van der Waals surface area contributed by atoms with Crippen molar-refractivity contribution in [2.75, 3.05) is 42.9 Å². The standard InChI is InChI=1S/C25H25FN6O3S.C2HF3O2/c1-16-3-6-23(20(26)11-16)36(33,34)31-22-13-18(14-28-25(22)35-2)17-4-5-21-19(12-17)24(30-15-29-21)32-9-7-27-8-10-32;3-2(4,5)1(6)7/h3-6,11-15,27,31H,7-10H2,1-2H3;(H,6,7). The van der Waals surface area contributed by atoms with Crippen LogP contribution in [-0.2, 0) is 14.8 Å². The molecule has 4 aromatic rings. The van der Waals surface area contributed by atoms with Crippen LogP contribution in [0.2, 0.25) is 0 Å². The van der Waals surface area contributed by atoms with Crippen molar-refractivity contribution in [2.45, 2.75) is 18.0 Å². The maximum absolute atomic E-state index is 14.4. The van der Waals surface area contributed by atoms with Gasteiger partial charge in [-0.05, 0) is 48.4 Å². The van der Waals surface area contributed by atoms with Gasteiger partial charge in [0.05, 0.1) is 12.6 Å². The van der Waals surface area contributed by atoms with E-state index >= 15 is 0 Å². The zero-order chi connectivity index (χ0) is 31.4. The summed E-state index contributed by atoms with van der Waals surface area (Å²) in [4.78, 5) is 23.9. The van der Waals surface area contributed by atoms with Gasteiger partial charge in [-0.2, -0.15) is 13.2 Å². The molecule has 43 heavy (non-hydrogen) atoms. The van der Waals surface area contributed by atoms with Crippen molar-refractivity contribution in [1.82, 2.24) is 20.3 Å². The lowest BCUT2D eigenvalue weighted by Gasteiger charge is -2.29. The van der Waals surface area contributed by atoms with Crippen molar-refractivity contribution in [3.63, 3.8) is 0 Å². The Morgan fingerprint density at radius 3 is 2.37 bits per heavy atom. The first-order valence-electron chi connectivity index (χ1n) is 12.6. The number of ether oxygens (including phenoxy) is 1. The lowest BCUT2D eigenvalue weighted by atomic mass is 10.0. The number of halogens is 4. The van der Waals surface area contributed by atoms with Gasteiger partial charge in [-0.1, -0.05) is 12.1 Å². The Balaban J connectivity index is 0.000000541. The van der Waals surface area contributed by atoms with Crippen LogP contribution in [0.5, 0.6) is 5.88 Å². The fourth-order valence-electron chi connectivity index (χ4n) is 4.22. The molecule has 1 aliphatic rings. The number of alkyl halides is 3. The van der Waals surface area contributed by atoms with E-state index in [1.807, 2.05) is 18.2 Å². The van der Waals surface area contributed by atoms with Crippen molar-refractivity contribution in [2.24, 2.45) is 0 Å². The van der Waals surface area contributed by atoms with Crippen molar-refractivity contribution in [3.8, 4) is 17.0 Å². The number of hydrogen-bond acceptors (Lipinski definition) is 9. The topological polar surface area (TPSA) is 147 Å². The number of aromatic nitrogens is 3. The number of nitrogens with one attached hydrogen (secondary N) is 2. The van der Waals surface area contributed by atoms with Crippen LogP contribution >= 0.6 is 0 Å². The van der Waals surface area contributed by atoms with E-state index in [1.54, 1.807) is 25.5 Å². The Labute approximate surface area is 243 Å². The molecule has 0 unspecified atom stereocenters. The van der Waals surface area contributed by atoms with Gasteiger partial charge in [-0.15, -0.1) is 0 Å². The van der Waals surface area contributed by atoms with Crippen LogP contribution in [0.3, 0.4) is 0 Å². The Kier molecular flexibility index (Phi) is 9.30. The summed E-state index contributed by atoms with van der Waals surface area (Å²) < 4.78 is 79.8. The number of sulfonamides is 1. The molecule has 0 spiro atoms. The minimum absolute atomic E-state index is 0.0699. The number of rotatable bonds is 6. The third kappa shape index (κ3) is 7.45. The molecule has 1 aliphatic heterocycles. The van der Waals surface area contributed by atoms with Gasteiger partial charge in [0.15, 0.2) is 0 Å². The summed E-state index contributed by atoms with van der Waals surface area (Å²) >= 11 is 0. The molecule has 5 rings (SSSR count). The number of aryl methyl sites for hydroxylation is 1. The van der Waals surface area contributed by atoms with Gasteiger partial charge in [0.2, 0.25) is 5.88 Å². The van der Waals surface area contributed by atoms with E-state index in [0.717, 1.165) is 48.5 Å². The first-order valence-corrected chi connectivity index (χ1v) is 14.1. The molecule has 1 fully saturated rings. The predicted octanol–water partition coefficient (Wildman–Crippen LogP) is 3.99. The molecule has 0 saturated carbocycles.